The Bertz CT molecular complexity index is 866. The average Bonchev–Trinajstić information content (AvgIpc) is 2.61. The van der Waals surface area contributed by atoms with Crippen LogP contribution in [0.1, 0.15) is 29.2 Å². The molecule has 0 aliphatic rings. The van der Waals surface area contributed by atoms with Crippen molar-refractivity contribution in [2.45, 2.75) is 27.7 Å². The summed E-state index contributed by atoms with van der Waals surface area (Å²) in [4.78, 5) is 12.0. The normalized spacial score (nSPS) is 10.9. The number of aromatic hydroxyl groups is 1. The van der Waals surface area contributed by atoms with Gasteiger partial charge in [0.2, 0.25) is 0 Å². The number of halogens is 1. The summed E-state index contributed by atoms with van der Waals surface area (Å²) in [6.45, 7) is 8.06. The first-order chi connectivity index (χ1) is 12.8. The Morgan fingerprint density at radius 1 is 1.19 bits per heavy atom. The topological polar surface area (TPSA) is 80.2 Å². The van der Waals surface area contributed by atoms with Gasteiger partial charge >= 0.3 is 0 Å². The molecule has 0 radical (unpaired) electrons. The molecule has 0 saturated carbocycles. The van der Waals surface area contributed by atoms with Crippen LogP contribution in [0.3, 0.4) is 0 Å². The molecule has 0 aliphatic heterocycles. The number of nitrogens with one attached hydrogen (secondary N) is 1. The number of rotatable bonds is 7. The highest BCUT2D eigenvalue weighted by Gasteiger charge is 2.09. The van der Waals surface area contributed by atoms with E-state index in [1.165, 1.54) is 6.21 Å². The third-order valence-corrected chi connectivity index (χ3v) is 4.48. The molecule has 2 aromatic carbocycles. The Morgan fingerprint density at radius 3 is 2.63 bits per heavy atom. The largest absolute Gasteiger partial charge is 0.503 e. The molecule has 27 heavy (non-hydrogen) atoms. The second kappa shape index (κ2) is 9.41. The van der Waals surface area contributed by atoms with Crippen molar-refractivity contribution in [1.29, 1.82) is 0 Å². The maximum atomic E-state index is 12.0. The van der Waals surface area contributed by atoms with E-state index in [2.05, 4.69) is 32.5 Å². The fourth-order valence-corrected chi connectivity index (χ4v) is 2.90. The standard InChI is InChI=1S/C20H23BrN2O4/c1-5-26-18-9-15(8-16(21)20(18)25)10-22-23-19(24)11-27-17-7-12(2)6-13(3)14(17)4/h6-10,25H,5,11H2,1-4H3,(H,23,24)/b22-10+. The zero-order valence-corrected chi connectivity index (χ0v) is 17.4. The van der Waals surface area contributed by atoms with Crippen LogP contribution in [-0.4, -0.2) is 30.4 Å². The number of hydrogen-bond acceptors (Lipinski definition) is 5. The summed E-state index contributed by atoms with van der Waals surface area (Å²) in [6, 6.07) is 7.28. The van der Waals surface area contributed by atoms with E-state index in [0.717, 1.165) is 16.7 Å². The number of aryl methyl sites for hydroxylation is 2. The van der Waals surface area contributed by atoms with E-state index in [-0.39, 0.29) is 18.3 Å². The fourth-order valence-electron chi connectivity index (χ4n) is 2.44. The van der Waals surface area contributed by atoms with Crippen LogP contribution in [0.4, 0.5) is 0 Å². The Morgan fingerprint density at radius 2 is 1.93 bits per heavy atom. The number of amides is 1. The minimum Gasteiger partial charge on any atom is -0.503 e. The molecule has 1 amide bonds. The lowest BCUT2D eigenvalue weighted by molar-refractivity contribution is -0.123. The Balaban J connectivity index is 1.96. The number of hydrazone groups is 1. The van der Waals surface area contributed by atoms with Gasteiger partial charge < -0.3 is 14.6 Å². The number of hydrogen-bond donors (Lipinski definition) is 2. The predicted molar refractivity (Wildman–Crippen MR) is 109 cm³/mol. The van der Waals surface area contributed by atoms with E-state index in [9.17, 15) is 9.90 Å². The molecular formula is C20H23BrN2O4. The minimum atomic E-state index is -0.368. The molecular weight excluding hydrogens is 412 g/mol. The lowest BCUT2D eigenvalue weighted by Crippen LogP contribution is -2.24. The Labute approximate surface area is 167 Å². The van der Waals surface area contributed by atoms with Crippen molar-refractivity contribution in [1.82, 2.24) is 5.43 Å². The number of phenolic OH excluding ortho intramolecular Hbond substituents is 1. The number of benzene rings is 2. The maximum absolute atomic E-state index is 12.0. The van der Waals surface area contributed by atoms with Crippen molar-refractivity contribution in [3.05, 3.63) is 51.0 Å². The third-order valence-electron chi connectivity index (χ3n) is 3.88. The van der Waals surface area contributed by atoms with Crippen LogP contribution in [0.15, 0.2) is 33.8 Å². The van der Waals surface area contributed by atoms with Gasteiger partial charge in [0.15, 0.2) is 18.1 Å². The SMILES string of the molecule is CCOc1cc(/C=N/NC(=O)COc2cc(C)cc(C)c2C)cc(Br)c1O. The van der Waals surface area contributed by atoms with E-state index >= 15 is 0 Å². The quantitative estimate of drug-likeness (QED) is 0.509. The summed E-state index contributed by atoms with van der Waals surface area (Å²) in [7, 11) is 0. The van der Waals surface area contributed by atoms with Gasteiger partial charge in [-0.3, -0.25) is 4.79 Å². The van der Waals surface area contributed by atoms with Crippen LogP contribution in [0.25, 0.3) is 0 Å². The van der Waals surface area contributed by atoms with Gasteiger partial charge in [-0.2, -0.15) is 5.10 Å². The Kier molecular flexibility index (Phi) is 7.24. The highest BCUT2D eigenvalue weighted by Crippen LogP contribution is 2.35. The van der Waals surface area contributed by atoms with Gasteiger partial charge in [0.05, 0.1) is 17.3 Å². The second-order valence-electron chi connectivity index (χ2n) is 6.07. The van der Waals surface area contributed by atoms with Gasteiger partial charge in [0, 0.05) is 0 Å². The first kappa shape index (κ1) is 20.8. The van der Waals surface area contributed by atoms with Crippen molar-refractivity contribution in [2.24, 2.45) is 5.10 Å². The fraction of sp³-hybridized carbons (Fsp3) is 0.300. The first-order valence-corrected chi connectivity index (χ1v) is 9.29. The van der Waals surface area contributed by atoms with Crippen molar-refractivity contribution < 1.29 is 19.4 Å². The molecule has 0 aliphatic carbocycles. The van der Waals surface area contributed by atoms with Crippen LogP contribution < -0.4 is 14.9 Å². The number of carbonyl (C=O) groups is 1. The minimum absolute atomic E-state index is 0.0234. The summed E-state index contributed by atoms with van der Waals surface area (Å²) in [5.41, 5.74) is 6.29. The molecule has 7 heteroatoms. The molecule has 2 aromatic rings. The molecule has 2 N–H and O–H groups in total. The highest BCUT2D eigenvalue weighted by molar-refractivity contribution is 9.10. The molecule has 2 rings (SSSR count). The molecule has 0 spiro atoms. The van der Waals surface area contributed by atoms with Crippen molar-refractivity contribution in [3.8, 4) is 17.2 Å². The number of carbonyl (C=O) groups excluding carboxylic acids is 1. The average molecular weight is 435 g/mol. The van der Waals surface area contributed by atoms with Gasteiger partial charge in [-0.05, 0) is 84.1 Å². The van der Waals surface area contributed by atoms with Gasteiger partial charge in [-0.25, -0.2) is 5.43 Å². The molecule has 0 unspecified atom stereocenters. The van der Waals surface area contributed by atoms with Crippen molar-refractivity contribution in [2.75, 3.05) is 13.2 Å². The van der Waals surface area contributed by atoms with E-state index < -0.39 is 0 Å². The number of ether oxygens (including phenoxy) is 2. The summed E-state index contributed by atoms with van der Waals surface area (Å²) >= 11 is 3.26. The molecule has 144 valence electrons. The van der Waals surface area contributed by atoms with Gasteiger partial charge in [0.1, 0.15) is 5.75 Å². The van der Waals surface area contributed by atoms with Crippen molar-refractivity contribution in [3.63, 3.8) is 0 Å². The zero-order valence-electron chi connectivity index (χ0n) is 15.8. The van der Waals surface area contributed by atoms with Crippen LogP contribution in [0.2, 0.25) is 0 Å². The van der Waals surface area contributed by atoms with E-state index in [1.807, 2.05) is 33.8 Å². The highest BCUT2D eigenvalue weighted by atomic mass is 79.9. The van der Waals surface area contributed by atoms with Gasteiger partial charge in [-0.1, -0.05) is 6.07 Å². The molecule has 0 aromatic heterocycles. The Hall–Kier alpha value is -2.54. The van der Waals surface area contributed by atoms with Crippen LogP contribution >= 0.6 is 15.9 Å². The molecule has 0 atom stereocenters. The maximum Gasteiger partial charge on any atom is 0.277 e. The summed E-state index contributed by atoms with van der Waals surface area (Å²) in [5.74, 6) is 0.687. The van der Waals surface area contributed by atoms with Crippen LogP contribution in [0.5, 0.6) is 17.2 Å². The second-order valence-corrected chi connectivity index (χ2v) is 6.92. The summed E-state index contributed by atoms with van der Waals surface area (Å²) in [6.07, 6.45) is 1.46. The lowest BCUT2D eigenvalue weighted by atomic mass is 10.1. The molecule has 6 nitrogen and oxygen atoms in total. The van der Waals surface area contributed by atoms with Crippen LogP contribution in [-0.2, 0) is 4.79 Å². The summed E-state index contributed by atoms with van der Waals surface area (Å²) in [5, 5.41) is 13.8. The third kappa shape index (κ3) is 5.72. The van der Waals surface area contributed by atoms with Crippen molar-refractivity contribution >= 4 is 28.1 Å². The van der Waals surface area contributed by atoms with E-state index in [1.54, 1.807) is 12.1 Å². The lowest BCUT2D eigenvalue weighted by Gasteiger charge is -2.11. The number of nitrogens with zero attached hydrogens (tertiary/aromatic N) is 1. The molecule has 0 fully saturated rings. The molecule has 0 bridgehead atoms. The molecule has 0 saturated heterocycles. The molecule has 0 heterocycles. The van der Waals surface area contributed by atoms with Crippen LogP contribution in [0, 0.1) is 20.8 Å². The summed E-state index contributed by atoms with van der Waals surface area (Å²) < 4.78 is 11.4. The van der Waals surface area contributed by atoms with E-state index in [4.69, 9.17) is 9.47 Å². The zero-order chi connectivity index (χ0) is 20.0. The smallest absolute Gasteiger partial charge is 0.277 e. The predicted octanol–water partition coefficient (Wildman–Crippen LogP) is 4.01. The monoisotopic (exact) mass is 434 g/mol. The van der Waals surface area contributed by atoms with E-state index in [0.29, 0.717) is 28.1 Å². The number of phenols is 1. The van der Waals surface area contributed by atoms with Gasteiger partial charge in [-0.15, -0.1) is 0 Å². The van der Waals surface area contributed by atoms with Gasteiger partial charge in [0.25, 0.3) is 5.91 Å². The first-order valence-electron chi connectivity index (χ1n) is 8.49.